The van der Waals surface area contributed by atoms with Gasteiger partial charge in [0, 0.05) is 13.2 Å². The maximum Gasteiger partial charge on any atom is 0.145 e. The van der Waals surface area contributed by atoms with Crippen LogP contribution >= 0.6 is 11.6 Å². The molecule has 1 unspecified atom stereocenters. The van der Waals surface area contributed by atoms with E-state index in [0.717, 1.165) is 12.2 Å². The van der Waals surface area contributed by atoms with Gasteiger partial charge in [-0.25, -0.2) is 4.39 Å². The van der Waals surface area contributed by atoms with Gasteiger partial charge in [-0.3, -0.25) is 4.68 Å². The van der Waals surface area contributed by atoms with Gasteiger partial charge in [-0.1, -0.05) is 30.7 Å². The molecule has 1 aromatic carbocycles. The summed E-state index contributed by atoms with van der Waals surface area (Å²) in [7, 11) is 1.88. The monoisotopic (exact) mass is 281 g/mol. The molecule has 2 rings (SSSR count). The third-order valence-corrected chi connectivity index (χ3v) is 3.41. The second-order valence-electron chi connectivity index (χ2n) is 4.41. The van der Waals surface area contributed by atoms with Crippen molar-refractivity contribution in [2.24, 2.45) is 7.05 Å². The van der Waals surface area contributed by atoms with Crippen molar-refractivity contribution in [3.63, 3.8) is 0 Å². The summed E-state index contributed by atoms with van der Waals surface area (Å²) in [5.41, 5.74) is 1.64. The molecule has 1 heterocycles. The van der Waals surface area contributed by atoms with E-state index in [2.05, 4.69) is 10.4 Å². The van der Waals surface area contributed by atoms with Gasteiger partial charge in [-0.05, 0) is 30.7 Å². The molecule has 0 radical (unpaired) electrons. The van der Waals surface area contributed by atoms with Gasteiger partial charge in [-0.2, -0.15) is 5.10 Å². The van der Waals surface area contributed by atoms with Gasteiger partial charge >= 0.3 is 0 Å². The van der Waals surface area contributed by atoms with Crippen LogP contribution < -0.4 is 5.32 Å². The molecule has 19 heavy (non-hydrogen) atoms. The molecule has 5 heteroatoms. The molecule has 2 aromatic rings. The zero-order valence-electron chi connectivity index (χ0n) is 11.0. The van der Waals surface area contributed by atoms with Crippen LogP contribution in [-0.2, 0) is 13.5 Å². The maximum atomic E-state index is 14.0. The average molecular weight is 282 g/mol. The van der Waals surface area contributed by atoms with Crippen molar-refractivity contribution in [3.05, 3.63) is 52.6 Å². The van der Waals surface area contributed by atoms with E-state index in [1.54, 1.807) is 29.1 Å². The lowest BCUT2D eigenvalue weighted by Gasteiger charge is -2.18. The number of halogens is 2. The largest absolute Gasteiger partial charge is 0.309 e. The third-order valence-electron chi connectivity index (χ3n) is 3.12. The predicted molar refractivity (Wildman–Crippen MR) is 74.7 cm³/mol. The number of likely N-dealkylation sites (N-methyl/N-ethyl adjacent to an activating group) is 1. The van der Waals surface area contributed by atoms with Gasteiger partial charge in [0.05, 0.1) is 16.8 Å². The van der Waals surface area contributed by atoms with Crippen LogP contribution in [0.5, 0.6) is 0 Å². The number of aryl methyl sites for hydroxylation is 1. The molecule has 1 atom stereocenters. The molecule has 0 aliphatic rings. The van der Waals surface area contributed by atoms with Crippen LogP contribution in [0.25, 0.3) is 0 Å². The minimum Gasteiger partial charge on any atom is -0.309 e. The number of hydrogen-bond donors (Lipinski definition) is 1. The lowest BCUT2D eigenvalue weighted by molar-refractivity contribution is 0.495. The van der Waals surface area contributed by atoms with Gasteiger partial charge in [-0.15, -0.1) is 0 Å². The number of aromatic nitrogens is 2. The Morgan fingerprint density at radius 2 is 2.21 bits per heavy atom. The van der Waals surface area contributed by atoms with Crippen LogP contribution in [-0.4, -0.2) is 16.3 Å². The highest BCUT2D eigenvalue weighted by molar-refractivity contribution is 6.30. The molecular weight excluding hydrogens is 265 g/mol. The maximum absolute atomic E-state index is 14.0. The molecule has 0 fully saturated rings. The minimum absolute atomic E-state index is 0.0190. The highest BCUT2D eigenvalue weighted by atomic mass is 35.5. The minimum atomic E-state index is -0.339. The van der Waals surface area contributed by atoms with Crippen LogP contribution in [0.1, 0.15) is 24.2 Å². The summed E-state index contributed by atoms with van der Waals surface area (Å²) in [5, 5.41) is 7.67. The molecule has 3 nitrogen and oxygen atoms in total. The zero-order valence-corrected chi connectivity index (χ0v) is 11.8. The van der Waals surface area contributed by atoms with Crippen LogP contribution in [0.3, 0.4) is 0 Å². The number of benzene rings is 1. The van der Waals surface area contributed by atoms with Crippen LogP contribution in [0.15, 0.2) is 30.5 Å². The Morgan fingerprint density at radius 3 is 2.84 bits per heavy atom. The Labute approximate surface area is 117 Å². The fourth-order valence-corrected chi connectivity index (χ4v) is 2.37. The highest BCUT2D eigenvalue weighted by Gasteiger charge is 2.17. The number of rotatable bonds is 5. The first-order valence-corrected chi connectivity index (χ1v) is 6.65. The van der Waals surface area contributed by atoms with Crippen LogP contribution in [0.4, 0.5) is 4.39 Å². The summed E-state index contributed by atoms with van der Waals surface area (Å²) in [4.78, 5) is 0. The first-order chi connectivity index (χ1) is 9.13. The topological polar surface area (TPSA) is 29.9 Å². The molecule has 0 aliphatic heterocycles. The molecule has 0 spiro atoms. The smallest absolute Gasteiger partial charge is 0.145 e. The molecule has 0 aliphatic carbocycles. The number of nitrogens with zero attached hydrogens (tertiary/aromatic N) is 2. The Bertz CT molecular complexity index is 553. The molecule has 102 valence electrons. The molecule has 0 amide bonds. The van der Waals surface area contributed by atoms with Crippen molar-refractivity contribution in [2.45, 2.75) is 19.4 Å². The molecular formula is C14H17ClFN3. The Hall–Kier alpha value is -1.39. The highest BCUT2D eigenvalue weighted by Crippen LogP contribution is 2.23. The lowest BCUT2D eigenvalue weighted by atomic mass is 10.0. The molecule has 0 bridgehead atoms. The van der Waals surface area contributed by atoms with Gasteiger partial charge in [0.25, 0.3) is 0 Å². The van der Waals surface area contributed by atoms with E-state index in [4.69, 9.17) is 11.6 Å². The summed E-state index contributed by atoms with van der Waals surface area (Å²) >= 11 is 5.82. The van der Waals surface area contributed by atoms with E-state index < -0.39 is 0 Å². The van der Waals surface area contributed by atoms with Gasteiger partial charge in [0.1, 0.15) is 5.82 Å². The van der Waals surface area contributed by atoms with Crippen molar-refractivity contribution in [1.82, 2.24) is 15.1 Å². The van der Waals surface area contributed by atoms with Crippen LogP contribution in [0, 0.1) is 5.82 Å². The molecule has 1 aromatic heterocycles. The normalized spacial score (nSPS) is 12.6. The van der Waals surface area contributed by atoms with Gasteiger partial charge in [0.2, 0.25) is 0 Å². The Balaban J connectivity index is 2.27. The van der Waals surface area contributed by atoms with E-state index in [9.17, 15) is 4.39 Å². The van der Waals surface area contributed by atoms with Crippen molar-refractivity contribution in [3.8, 4) is 0 Å². The molecule has 0 saturated carbocycles. The van der Waals surface area contributed by atoms with E-state index in [0.29, 0.717) is 12.0 Å². The second kappa shape index (κ2) is 6.17. The van der Waals surface area contributed by atoms with Crippen molar-refractivity contribution in [1.29, 1.82) is 0 Å². The second-order valence-corrected chi connectivity index (χ2v) is 4.81. The summed E-state index contributed by atoms with van der Waals surface area (Å²) in [6.45, 7) is 2.83. The zero-order chi connectivity index (χ0) is 13.8. The molecule has 1 N–H and O–H groups in total. The first kappa shape index (κ1) is 14.0. The quantitative estimate of drug-likeness (QED) is 0.913. The van der Waals surface area contributed by atoms with E-state index in [1.807, 2.05) is 20.0 Å². The standard InChI is InChI=1S/C14H17ClFN3/c1-3-17-12(13-7-8-18-19(13)2)9-10-5-4-6-11(15)14(10)16/h4-8,12,17H,3,9H2,1-2H3. The summed E-state index contributed by atoms with van der Waals surface area (Å²) in [6, 6.07) is 7.06. The Morgan fingerprint density at radius 1 is 1.42 bits per heavy atom. The summed E-state index contributed by atoms with van der Waals surface area (Å²) in [5.74, 6) is -0.339. The predicted octanol–water partition coefficient (Wildman–Crippen LogP) is 3.11. The fourth-order valence-electron chi connectivity index (χ4n) is 2.18. The summed E-state index contributed by atoms with van der Waals surface area (Å²) in [6.07, 6.45) is 2.29. The first-order valence-electron chi connectivity index (χ1n) is 6.27. The van der Waals surface area contributed by atoms with Crippen molar-refractivity contribution < 1.29 is 4.39 Å². The SMILES string of the molecule is CCNC(Cc1cccc(Cl)c1F)c1ccnn1C. The van der Waals surface area contributed by atoms with Gasteiger partial charge in [0.15, 0.2) is 0 Å². The lowest BCUT2D eigenvalue weighted by Crippen LogP contribution is -2.25. The van der Waals surface area contributed by atoms with Gasteiger partial charge < -0.3 is 5.32 Å². The third kappa shape index (κ3) is 3.14. The van der Waals surface area contributed by atoms with Crippen molar-refractivity contribution >= 4 is 11.6 Å². The molecule has 0 saturated heterocycles. The summed E-state index contributed by atoms with van der Waals surface area (Å²) < 4.78 is 15.8. The van der Waals surface area contributed by atoms with E-state index in [1.165, 1.54) is 0 Å². The van der Waals surface area contributed by atoms with E-state index >= 15 is 0 Å². The van der Waals surface area contributed by atoms with E-state index in [-0.39, 0.29) is 16.9 Å². The fraction of sp³-hybridized carbons (Fsp3) is 0.357. The number of hydrogen-bond acceptors (Lipinski definition) is 2. The number of nitrogens with one attached hydrogen (secondary N) is 1. The van der Waals surface area contributed by atoms with Crippen LogP contribution in [0.2, 0.25) is 5.02 Å². The Kier molecular flexibility index (Phi) is 4.56. The van der Waals surface area contributed by atoms with Crippen molar-refractivity contribution in [2.75, 3.05) is 6.54 Å². The average Bonchev–Trinajstić information content (AvgIpc) is 2.80.